The van der Waals surface area contributed by atoms with Crippen LogP contribution in [-0.4, -0.2) is 39.2 Å². The van der Waals surface area contributed by atoms with Gasteiger partial charge < -0.3 is 15.0 Å². The monoisotopic (exact) mass is 483 g/mol. The number of halogens is 1. The zero-order valence-corrected chi connectivity index (χ0v) is 19.5. The molecular weight excluding hydrogens is 462 g/mol. The molecule has 0 saturated carbocycles. The Balaban J connectivity index is 1.33. The lowest BCUT2D eigenvalue weighted by Gasteiger charge is -2.32. The Morgan fingerprint density at radius 3 is 3.06 bits per heavy atom. The number of hydrogen-bond donors (Lipinski definition) is 2. The average molecular weight is 484 g/mol. The van der Waals surface area contributed by atoms with Gasteiger partial charge in [0.25, 0.3) is 5.56 Å². The maximum absolute atomic E-state index is 13.2. The fourth-order valence-electron chi connectivity index (χ4n) is 5.58. The van der Waals surface area contributed by atoms with Gasteiger partial charge in [-0.15, -0.1) is 11.3 Å². The summed E-state index contributed by atoms with van der Waals surface area (Å²) in [5.74, 6) is 1.85. The molecule has 6 rings (SSSR count). The molecule has 0 amide bonds. The summed E-state index contributed by atoms with van der Waals surface area (Å²) in [5.41, 5.74) is 2.80. The predicted molar refractivity (Wildman–Crippen MR) is 129 cm³/mol. The largest absolute Gasteiger partial charge is 0.496 e. The molecule has 1 unspecified atom stereocenters. The Bertz CT molecular complexity index is 1510. The van der Waals surface area contributed by atoms with E-state index in [4.69, 9.17) is 16.3 Å². The second kappa shape index (κ2) is 7.93. The molecule has 2 aliphatic rings. The summed E-state index contributed by atoms with van der Waals surface area (Å²) < 4.78 is 7.34. The Morgan fingerprint density at radius 1 is 1.33 bits per heavy atom. The number of rotatable bonds is 4. The molecule has 1 saturated heterocycles. The Kier molecular flexibility index (Phi) is 5.01. The highest BCUT2D eigenvalue weighted by atomic mass is 35.5. The number of hydrogen-bond acceptors (Lipinski definition) is 7. The summed E-state index contributed by atoms with van der Waals surface area (Å²) in [6.45, 7) is 1.28. The van der Waals surface area contributed by atoms with Crippen LogP contribution in [0.4, 0.5) is 0 Å². The molecule has 1 fully saturated rings. The maximum atomic E-state index is 13.2. The number of nitrogens with zero attached hydrogens (tertiary/aromatic N) is 3. The quantitative estimate of drug-likeness (QED) is 0.462. The third kappa shape index (κ3) is 3.29. The van der Waals surface area contributed by atoms with Crippen molar-refractivity contribution in [1.29, 1.82) is 0 Å². The van der Waals surface area contributed by atoms with E-state index in [9.17, 15) is 9.59 Å². The van der Waals surface area contributed by atoms with Crippen molar-refractivity contribution in [3.05, 3.63) is 61.5 Å². The summed E-state index contributed by atoms with van der Waals surface area (Å²) in [4.78, 5) is 37.9. The van der Waals surface area contributed by atoms with Gasteiger partial charge >= 0.3 is 5.69 Å². The van der Waals surface area contributed by atoms with Crippen molar-refractivity contribution in [3.63, 3.8) is 0 Å². The van der Waals surface area contributed by atoms with Crippen LogP contribution in [0.25, 0.3) is 20.6 Å². The SMILES string of the molecule is COc1cccc2c1CC[C@H]1CNC(CCn3c(=O)[nH]c4c(sc5nc(Cl)cnc54)c3=O)[C@@H]21. The van der Waals surface area contributed by atoms with Crippen molar-refractivity contribution < 1.29 is 4.74 Å². The first-order valence-corrected chi connectivity index (χ1v) is 12.2. The van der Waals surface area contributed by atoms with Crippen molar-refractivity contribution in [3.8, 4) is 5.75 Å². The first-order chi connectivity index (χ1) is 16.0. The van der Waals surface area contributed by atoms with Gasteiger partial charge in [-0.05, 0) is 48.9 Å². The first-order valence-electron chi connectivity index (χ1n) is 11.0. The number of thiophene rings is 1. The lowest BCUT2D eigenvalue weighted by atomic mass is 9.73. The van der Waals surface area contributed by atoms with Crippen LogP contribution in [0.5, 0.6) is 5.75 Å². The van der Waals surface area contributed by atoms with Gasteiger partial charge in [0.15, 0.2) is 0 Å². The number of methoxy groups -OCH3 is 1. The van der Waals surface area contributed by atoms with E-state index in [2.05, 4.69) is 26.3 Å². The number of nitrogens with one attached hydrogen (secondary N) is 2. The molecule has 33 heavy (non-hydrogen) atoms. The third-order valence-corrected chi connectivity index (χ3v) is 8.29. The van der Waals surface area contributed by atoms with Gasteiger partial charge in [-0.2, -0.15) is 0 Å². The Hall–Kier alpha value is -2.75. The zero-order valence-electron chi connectivity index (χ0n) is 17.9. The number of ether oxygens (including phenoxy) is 1. The summed E-state index contributed by atoms with van der Waals surface area (Å²) in [7, 11) is 1.72. The van der Waals surface area contributed by atoms with E-state index >= 15 is 0 Å². The smallest absolute Gasteiger partial charge is 0.328 e. The van der Waals surface area contributed by atoms with Gasteiger partial charge in [-0.1, -0.05) is 23.7 Å². The van der Waals surface area contributed by atoms with Gasteiger partial charge in [-0.3, -0.25) is 9.36 Å². The molecule has 3 aromatic heterocycles. The van der Waals surface area contributed by atoms with Crippen molar-refractivity contribution in [2.24, 2.45) is 5.92 Å². The lowest BCUT2D eigenvalue weighted by molar-refractivity contribution is 0.371. The number of benzene rings is 1. The third-order valence-electron chi connectivity index (χ3n) is 7.05. The van der Waals surface area contributed by atoms with Crippen LogP contribution < -0.4 is 21.3 Å². The second-order valence-electron chi connectivity index (χ2n) is 8.70. The minimum atomic E-state index is -0.427. The fourth-order valence-corrected chi connectivity index (χ4v) is 6.80. The van der Waals surface area contributed by atoms with Crippen LogP contribution in [0, 0.1) is 5.92 Å². The standard InChI is InChI=1S/C23H22ClN5O3S/c1-32-15-4-2-3-13-12(15)6-5-11-9-25-14(17(11)13)7-8-29-22(30)20-18(28-23(29)31)19-21(33-20)27-16(24)10-26-19/h2-4,10-11,14,17,25H,5-9H2,1H3,(H,28,31)/t11-,14?,17+/m0/s1. The molecule has 0 bridgehead atoms. The minimum Gasteiger partial charge on any atom is -0.496 e. The molecule has 1 aromatic carbocycles. The van der Waals surface area contributed by atoms with Crippen LogP contribution >= 0.6 is 22.9 Å². The van der Waals surface area contributed by atoms with Crippen LogP contribution in [0.2, 0.25) is 5.15 Å². The molecule has 1 aliphatic carbocycles. The molecule has 3 atom stereocenters. The van der Waals surface area contributed by atoms with Crippen LogP contribution in [0.1, 0.15) is 29.9 Å². The summed E-state index contributed by atoms with van der Waals surface area (Å²) in [6, 6.07) is 6.45. The molecule has 170 valence electrons. The van der Waals surface area contributed by atoms with E-state index in [1.165, 1.54) is 33.2 Å². The average Bonchev–Trinajstić information content (AvgIpc) is 3.39. The van der Waals surface area contributed by atoms with Gasteiger partial charge in [0, 0.05) is 18.5 Å². The van der Waals surface area contributed by atoms with E-state index < -0.39 is 5.69 Å². The van der Waals surface area contributed by atoms with Crippen LogP contribution in [0.3, 0.4) is 0 Å². The van der Waals surface area contributed by atoms with E-state index in [-0.39, 0.29) is 16.8 Å². The Labute approximate surface area is 197 Å². The Morgan fingerprint density at radius 2 is 2.21 bits per heavy atom. The first kappa shape index (κ1) is 20.8. The minimum absolute atomic E-state index is 0.188. The van der Waals surface area contributed by atoms with Crippen LogP contribution in [-0.2, 0) is 13.0 Å². The van der Waals surface area contributed by atoms with Crippen molar-refractivity contribution in [1.82, 2.24) is 24.8 Å². The van der Waals surface area contributed by atoms with Gasteiger partial charge in [0.1, 0.15) is 25.9 Å². The molecule has 0 spiro atoms. The second-order valence-corrected chi connectivity index (χ2v) is 10.1. The van der Waals surface area contributed by atoms with Gasteiger partial charge in [0.2, 0.25) is 0 Å². The summed E-state index contributed by atoms with van der Waals surface area (Å²) in [5, 5.41) is 3.90. The topological polar surface area (TPSA) is 102 Å². The molecule has 4 aromatic rings. The number of aromatic nitrogens is 4. The highest BCUT2D eigenvalue weighted by molar-refractivity contribution is 7.25. The molecule has 8 nitrogen and oxygen atoms in total. The fraction of sp³-hybridized carbons (Fsp3) is 0.391. The van der Waals surface area contributed by atoms with E-state index in [0.29, 0.717) is 45.4 Å². The molecule has 4 heterocycles. The number of H-pyrrole nitrogens is 1. The zero-order chi connectivity index (χ0) is 22.7. The van der Waals surface area contributed by atoms with E-state index in [0.717, 1.165) is 25.1 Å². The van der Waals surface area contributed by atoms with Gasteiger partial charge in [0.05, 0.1) is 18.8 Å². The molecule has 1 aliphatic heterocycles. The lowest BCUT2D eigenvalue weighted by Crippen LogP contribution is -2.37. The van der Waals surface area contributed by atoms with E-state index in [1.807, 2.05) is 12.1 Å². The molecule has 0 radical (unpaired) electrons. The highest BCUT2D eigenvalue weighted by Gasteiger charge is 2.40. The normalized spacial score (nSPS) is 21.9. The molecule has 10 heteroatoms. The van der Waals surface area contributed by atoms with Gasteiger partial charge in [-0.25, -0.2) is 14.8 Å². The molecular formula is C23H22ClN5O3S. The summed E-state index contributed by atoms with van der Waals surface area (Å²) in [6.07, 6.45) is 4.22. The van der Waals surface area contributed by atoms with Crippen LogP contribution in [0.15, 0.2) is 34.0 Å². The van der Waals surface area contributed by atoms with Crippen molar-refractivity contribution >= 4 is 43.5 Å². The van der Waals surface area contributed by atoms with E-state index in [1.54, 1.807) is 7.11 Å². The number of fused-ring (bicyclic) bond motifs is 6. The van der Waals surface area contributed by atoms with Crippen molar-refractivity contribution in [2.45, 2.75) is 37.8 Å². The highest BCUT2D eigenvalue weighted by Crippen LogP contribution is 2.45. The maximum Gasteiger partial charge on any atom is 0.328 e. The summed E-state index contributed by atoms with van der Waals surface area (Å²) >= 11 is 7.15. The number of aromatic amines is 1. The predicted octanol–water partition coefficient (Wildman–Crippen LogP) is 3.06. The molecule has 2 N–H and O–H groups in total. The van der Waals surface area contributed by atoms with Crippen molar-refractivity contribution in [2.75, 3.05) is 13.7 Å².